The number of anilines is 3. The number of halogens is 1. The van der Waals surface area contributed by atoms with E-state index in [1.807, 2.05) is 24.1 Å². The van der Waals surface area contributed by atoms with Crippen LogP contribution in [0.1, 0.15) is 10.4 Å². The molecule has 0 bridgehead atoms. The van der Waals surface area contributed by atoms with Crippen molar-refractivity contribution in [2.24, 2.45) is 0 Å². The highest BCUT2D eigenvalue weighted by Gasteiger charge is 2.12. The summed E-state index contributed by atoms with van der Waals surface area (Å²) in [4.78, 5) is 12.8. The van der Waals surface area contributed by atoms with Crippen molar-refractivity contribution in [1.29, 1.82) is 0 Å². The van der Waals surface area contributed by atoms with Gasteiger partial charge in [-0.2, -0.15) is 0 Å². The monoisotopic (exact) mass is 326 g/mol. The second-order valence-corrected chi connectivity index (χ2v) is 6.16. The number of nitrogens with two attached hydrogens (primary N) is 1. The molecule has 94 valence electrons. The molecule has 2 aromatic rings. The zero-order valence-corrected chi connectivity index (χ0v) is 12.0. The molecule has 0 aliphatic carbocycles. The van der Waals surface area contributed by atoms with Gasteiger partial charge in [-0.3, -0.25) is 0 Å². The van der Waals surface area contributed by atoms with Crippen LogP contribution < -0.4 is 10.6 Å². The van der Waals surface area contributed by atoms with E-state index in [0.717, 1.165) is 8.79 Å². The van der Waals surface area contributed by atoms with Gasteiger partial charge in [-0.25, -0.2) is 4.79 Å². The van der Waals surface area contributed by atoms with Crippen molar-refractivity contribution < 1.29 is 9.90 Å². The highest BCUT2D eigenvalue weighted by molar-refractivity contribution is 9.11. The van der Waals surface area contributed by atoms with Gasteiger partial charge in [-0.1, -0.05) is 0 Å². The number of aromatic carboxylic acids is 1. The zero-order valence-electron chi connectivity index (χ0n) is 9.55. The summed E-state index contributed by atoms with van der Waals surface area (Å²) >= 11 is 4.95. The fourth-order valence-electron chi connectivity index (χ4n) is 1.57. The van der Waals surface area contributed by atoms with Crippen LogP contribution in [0.4, 0.5) is 16.4 Å². The van der Waals surface area contributed by atoms with Crippen LogP contribution >= 0.6 is 27.3 Å². The van der Waals surface area contributed by atoms with Crippen LogP contribution in [-0.2, 0) is 0 Å². The number of rotatable bonds is 3. The quantitative estimate of drug-likeness (QED) is 0.846. The summed E-state index contributed by atoms with van der Waals surface area (Å²) in [6.07, 6.45) is 0. The highest BCUT2D eigenvalue weighted by atomic mass is 79.9. The molecule has 0 unspecified atom stereocenters. The molecule has 0 radical (unpaired) electrons. The summed E-state index contributed by atoms with van der Waals surface area (Å²) in [5.74, 6) is -0.961. The fourth-order valence-corrected chi connectivity index (χ4v) is 2.91. The van der Waals surface area contributed by atoms with Gasteiger partial charge in [0.25, 0.3) is 0 Å². The Kier molecular flexibility index (Phi) is 3.58. The number of carboxylic acid groups (broad SMARTS) is 1. The third kappa shape index (κ3) is 2.49. The molecule has 0 atom stereocenters. The number of hydrogen-bond acceptors (Lipinski definition) is 4. The SMILES string of the molecule is CN(c1ccc(Br)s1)c1cc(C(=O)O)ccc1N. The Hall–Kier alpha value is -1.53. The molecule has 1 heterocycles. The third-order valence-electron chi connectivity index (χ3n) is 2.53. The number of thiophene rings is 1. The van der Waals surface area contributed by atoms with Gasteiger partial charge in [0.15, 0.2) is 0 Å². The van der Waals surface area contributed by atoms with Crippen molar-refractivity contribution in [3.63, 3.8) is 0 Å². The summed E-state index contributed by atoms with van der Waals surface area (Å²) in [5, 5.41) is 9.97. The molecule has 0 amide bonds. The van der Waals surface area contributed by atoms with Crippen LogP contribution in [0.5, 0.6) is 0 Å². The van der Waals surface area contributed by atoms with Crippen LogP contribution in [0.3, 0.4) is 0 Å². The minimum absolute atomic E-state index is 0.224. The topological polar surface area (TPSA) is 66.6 Å². The van der Waals surface area contributed by atoms with Crippen LogP contribution in [0.25, 0.3) is 0 Å². The lowest BCUT2D eigenvalue weighted by Crippen LogP contribution is -2.11. The summed E-state index contributed by atoms with van der Waals surface area (Å²) < 4.78 is 1.01. The minimum atomic E-state index is -0.961. The Morgan fingerprint density at radius 3 is 2.67 bits per heavy atom. The van der Waals surface area contributed by atoms with Gasteiger partial charge < -0.3 is 15.7 Å². The Morgan fingerprint density at radius 2 is 2.11 bits per heavy atom. The van der Waals surface area contributed by atoms with E-state index in [-0.39, 0.29) is 5.56 Å². The van der Waals surface area contributed by atoms with E-state index in [1.165, 1.54) is 6.07 Å². The standard InChI is InChI=1S/C12H11BrN2O2S/c1-15(11-5-4-10(13)18-11)9-6-7(12(16)17)2-3-8(9)14/h2-6H,14H2,1H3,(H,16,17). The summed E-state index contributed by atoms with van der Waals surface area (Å²) in [7, 11) is 1.86. The number of carboxylic acids is 1. The smallest absolute Gasteiger partial charge is 0.335 e. The van der Waals surface area contributed by atoms with E-state index in [4.69, 9.17) is 10.8 Å². The summed E-state index contributed by atoms with van der Waals surface area (Å²) in [5.41, 5.74) is 7.35. The average Bonchev–Trinajstić information content (AvgIpc) is 2.75. The second-order valence-electron chi connectivity index (χ2n) is 3.72. The number of nitrogens with zero attached hydrogens (tertiary/aromatic N) is 1. The number of carbonyl (C=O) groups is 1. The maximum Gasteiger partial charge on any atom is 0.335 e. The molecule has 0 saturated carbocycles. The molecule has 2 rings (SSSR count). The Balaban J connectivity index is 2.43. The van der Waals surface area contributed by atoms with Gasteiger partial charge in [0.05, 0.1) is 25.7 Å². The van der Waals surface area contributed by atoms with Gasteiger partial charge in [0, 0.05) is 7.05 Å². The third-order valence-corrected chi connectivity index (χ3v) is 4.23. The maximum atomic E-state index is 11.0. The molecule has 0 aliphatic heterocycles. The van der Waals surface area contributed by atoms with Gasteiger partial charge in [-0.15, -0.1) is 11.3 Å². The molecule has 0 saturated heterocycles. The molecule has 3 N–H and O–H groups in total. The van der Waals surface area contributed by atoms with E-state index in [9.17, 15) is 4.79 Å². The van der Waals surface area contributed by atoms with Crippen molar-refractivity contribution in [2.75, 3.05) is 17.7 Å². The Morgan fingerprint density at radius 1 is 1.39 bits per heavy atom. The average molecular weight is 327 g/mol. The van der Waals surface area contributed by atoms with Crippen molar-refractivity contribution >= 4 is 49.6 Å². The lowest BCUT2D eigenvalue weighted by atomic mass is 10.1. The molecule has 0 spiro atoms. The summed E-state index contributed by atoms with van der Waals surface area (Å²) in [6, 6.07) is 8.57. The minimum Gasteiger partial charge on any atom is -0.478 e. The van der Waals surface area contributed by atoms with Gasteiger partial charge >= 0.3 is 5.97 Å². The number of nitrogen functional groups attached to an aromatic ring is 1. The van der Waals surface area contributed by atoms with Crippen LogP contribution in [0.15, 0.2) is 34.1 Å². The molecule has 18 heavy (non-hydrogen) atoms. The lowest BCUT2D eigenvalue weighted by Gasteiger charge is -2.19. The largest absolute Gasteiger partial charge is 0.478 e. The number of hydrogen-bond donors (Lipinski definition) is 2. The Bertz CT molecular complexity index is 598. The van der Waals surface area contributed by atoms with E-state index in [2.05, 4.69) is 15.9 Å². The van der Waals surface area contributed by atoms with Crippen LogP contribution in [-0.4, -0.2) is 18.1 Å². The normalized spacial score (nSPS) is 10.3. The van der Waals surface area contributed by atoms with Crippen molar-refractivity contribution in [3.8, 4) is 0 Å². The van der Waals surface area contributed by atoms with Crippen molar-refractivity contribution in [3.05, 3.63) is 39.7 Å². The fraction of sp³-hybridized carbons (Fsp3) is 0.0833. The molecule has 0 fully saturated rings. The van der Waals surface area contributed by atoms with E-state index in [0.29, 0.717) is 11.4 Å². The molecular formula is C12H11BrN2O2S. The maximum absolute atomic E-state index is 11.0. The van der Waals surface area contributed by atoms with E-state index in [1.54, 1.807) is 23.5 Å². The first-order valence-electron chi connectivity index (χ1n) is 5.11. The zero-order chi connectivity index (χ0) is 13.3. The van der Waals surface area contributed by atoms with Crippen LogP contribution in [0.2, 0.25) is 0 Å². The second kappa shape index (κ2) is 4.99. The predicted octanol–water partition coefficient (Wildman–Crippen LogP) is 3.56. The molecule has 1 aromatic carbocycles. The highest BCUT2D eigenvalue weighted by Crippen LogP contribution is 2.36. The Labute approximate surface area is 117 Å². The number of benzene rings is 1. The van der Waals surface area contributed by atoms with Crippen molar-refractivity contribution in [2.45, 2.75) is 0 Å². The first-order valence-corrected chi connectivity index (χ1v) is 6.72. The van der Waals surface area contributed by atoms with E-state index < -0.39 is 5.97 Å². The van der Waals surface area contributed by atoms with Gasteiger partial charge in [-0.05, 0) is 46.3 Å². The van der Waals surface area contributed by atoms with Crippen molar-refractivity contribution in [1.82, 2.24) is 0 Å². The molecule has 0 aliphatic rings. The lowest BCUT2D eigenvalue weighted by molar-refractivity contribution is 0.0697. The summed E-state index contributed by atoms with van der Waals surface area (Å²) in [6.45, 7) is 0. The molecule has 6 heteroatoms. The first kappa shape index (κ1) is 12.9. The molecule has 1 aromatic heterocycles. The van der Waals surface area contributed by atoms with Gasteiger partial charge in [0.1, 0.15) is 0 Å². The van der Waals surface area contributed by atoms with E-state index >= 15 is 0 Å². The molecular weight excluding hydrogens is 316 g/mol. The van der Waals surface area contributed by atoms with Gasteiger partial charge in [0.2, 0.25) is 0 Å². The van der Waals surface area contributed by atoms with Crippen LogP contribution in [0, 0.1) is 0 Å². The predicted molar refractivity (Wildman–Crippen MR) is 77.9 cm³/mol. The molecule has 4 nitrogen and oxygen atoms in total. The first-order chi connectivity index (χ1) is 8.49.